The van der Waals surface area contributed by atoms with Crippen molar-refractivity contribution in [3.8, 4) is 0 Å². The number of nitrogens with one attached hydrogen (secondary N) is 1. The molecule has 1 aliphatic heterocycles. The quantitative estimate of drug-likeness (QED) is 0.787. The van der Waals surface area contributed by atoms with E-state index in [1.54, 1.807) is 0 Å². The Morgan fingerprint density at radius 2 is 1.95 bits per heavy atom. The van der Waals surface area contributed by atoms with Gasteiger partial charge in [-0.05, 0) is 32.1 Å². The zero-order chi connectivity index (χ0) is 14.4. The van der Waals surface area contributed by atoms with Crippen LogP contribution in [-0.2, 0) is 9.59 Å². The molecule has 0 spiro atoms. The molecule has 1 N–H and O–H groups in total. The average Bonchev–Trinajstić information content (AvgIpc) is 2.78. The fraction of sp³-hybridized carbons (Fsp3) is 0.875. The molecule has 2 rings (SSSR count). The largest absolute Gasteiger partial charge is 0.356 e. The number of carbonyl (C=O) groups excluding carboxylic acids is 2. The predicted octanol–water partition coefficient (Wildman–Crippen LogP) is 2.48. The number of hydrogen-bond acceptors (Lipinski definition) is 2. The molecule has 1 aliphatic carbocycles. The molecule has 2 aliphatic rings. The summed E-state index contributed by atoms with van der Waals surface area (Å²) in [4.78, 5) is 26.0. The topological polar surface area (TPSA) is 49.4 Å². The van der Waals surface area contributed by atoms with Crippen LogP contribution in [0, 0.1) is 5.41 Å². The fourth-order valence-corrected chi connectivity index (χ4v) is 3.34. The summed E-state index contributed by atoms with van der Waals surface area (Å²) < 4.78 is 0. The summed E-state index contributed by atoms with van der Waals surface area (Å²) in [6.45, 7) is 4.45. The standard InChI is InChI=1S/C16H28N2O2/c1-16(9-4-5-10-16)15(20)17-11-7-13-18-12-6-2-3-8-14(18)19/h2-13H2,1H3,(H,17,20). The monoisotopic (exact) mass is 280 g/mol. The van der Waals surface area contributed by atoms with E-state index < -0.39 is 0 Å². The maximum Gasteiger partial charge on any atom is 0.225 e. The van der Waals surface area contributed by atoms with Gasteiger partial charge >= 0.3 is 0 Å². The molecule has 20 heavy (non-hydrogen) atoms. The van der Waals surface area contributed by atoms with Crippen LogP contribution in [0.25, 0.3) is 0 Å². The second-order valence-corrected chi connectivity index (χ2v) is 6.57. The highest BCUT2D eigenvalue weighted by atomic mass is 16.2. The lowest BCUT2D eigenvalue weighted by Crippen LogP contribution is -2.39. The molecule has 2 amide bonds. The Morgan fingerprint density at radius 1 is 1.20 bits per heavy atom. The lowest BCUT2D eigenvalue weighted by molar-refractivity contribution is -0.130. The van der Waals surface area contributed by atoms with E-state index in [-0.39, 0.29) is 17.2 Å². The van der Waals surface area contributed by atoms with E-state index in [0.29, 0.717) is 13.0 Å². The maximum atomic E-state index is 12.1. The van der Waals surface area contributed by atoms with Gasteiger partial charge in [0.15, 0.2) is 0 Å². The minimum absolute atomic E-state index is 0.140. The van der Waals surface area contributed by atoms with Crippen LogP contribution in [0.2, 0.25) is 0 Å². The molecule has 4 heteroatoms. The molecule has 0 aromatic carbocycles. The average molecular weight is 280 g/mol. The van der Waals surface area contributed by atoms with Crippen LogP contribution in [0.15, 0.2) is 0 Å². The molecule has 1 saturated heterocycles. The van der Waals surface area contributed by atoms with E-state index in [1.807, 2.05) is 4.90 Å². The molecule has 2 fully saturated rings. The number of hydrogen-bond donors (Lipinski definition) is 1. The molecule has 0 aromatic heterocycles. The minimum atomic E-state index is -0.140. The summed E-state index contributed by atoms with van der Waals surface area (Å²) in [6.07, 6.45) is 9.27. The summed E-state index contributed by atoms with van der Waals surface area (Å²) in [7, 11) is 0. The van der Waals surface area contributed by atoms with E-state index in [9.17, 15) is 9.59 Å². The SMILES string of the molecule is CC1(C(=O)NCCCN2CCCCCC2=O)CCCC1. The van der Waals surface area contributed by atoms with Crippen LogP contribution in [0.5, 0.6) is 0 Å². The normalized spacial score (nSPS) is 22.6. The van der Waals surface area contributed by atoms with Gasteiger partial charge in [-0.3, -0.25) is 9.59 Å². The van der Waals surface area contributed by atoms with Gasteiger partial charge < -0.3 is 10.2 Å². The second-order valence-electron chi connectivity index (χ2n) is 6.57. The van der Waals surface area contributed by atoms with Crippen molar-refractivity contribution in [1.82, 2.24) is 10.2 Å². The third-order valence-corrected chi connectivity index (χ3v) is 4.82. The fourth-order valence-electron chi connectivity index (χ4n) is 3.34. The Bertz CT molecular complexity index is 348. The van der Waals surface area contributed by atoms with Crippen LogP contribution >= 0.6 is 0 Å². The highest BCUT2D eigenvalue weighted by Crippen LogP contribution is 2.37. The summed E-state index contributed by atoms with van der Waals surface area (Å²) in [5.74, 6) is 0.494. The molecule has 0 radical (unpaired) electrons. The number of carbonyl (C=O) groups is 2. The van der Waals surface area contributed by atoms with Gasteiger partial charge in [0.05, 0.1) is 0 Å². The smallest absolute Gasteiger partial charge is 0.225 e. The van der Waals surface area contributed by atoms with Crippen LogP contribution in [0.1, 0.15) is 64.7 Å². The Labute approximate surface area is 122 Å². The Kier molecular flexibility index (Phi) is 5.44. The first-order chi connectivity index (χ1) is 9.62. The van der Waals surface area contributed by atoms with Crippen molar-refractivity contribution in [1.29, 1.82) is 0 Å². The zero-order valence-electron chi connectivity index (χ0n) is 12.7. The van der Waals surface area contributed by atoms with Crippen LogP contribution in [-0.4, -0.2) is 36.3 Å². The lowest BCUT2D eigenvalue weighted by Gasteiger charge is -2.23. The molecule has 114 valence electrons. The van der Waals surface area contributed by atoms with Crippen molar-refractivity contribution < 1.29 is 9.59 Å². The minimum Gasteiger partial charge on any atom is -0.356 e. The van der Waals surface area contributed by atoms with E-state index in [4.69, 9.17) is 0 Å². The van der Waals surface area contributed by atoms with Gasteiger partial charge in [-0.15, -0.1) is 0 Å². The third-order valence-electron chi connectivity index (χ3n) is 4.82. The summed E-state index contributed by atoms with van der Waals surface area (Å²) in [6, 6.07) is 0. The third kappa shape index (κ3) is 3.97. The Balaban J connectivity index is 1.65. The molecule has 0 aromatic rings. The molecule has 4 nitrogen and oxygen atoms in total. The van der Waals surface area contributed by atoms with E-state index in [1.165, 1.54) is 12.8 Å². The van der Waals surface area contributed by atoms with Gasteiger partial charge in [0.25, 0.3) is 0 Å². The Hall–Kier alpha value is -1.06. The van der Waals surface area contributed by atoms with Crippen molar-refractivity contribution in [2.45, 2.75) is 64.7 Å². The first-order valence-electron chi connectivity index (χ1n) is 8.18. The van der Waals surface area contributed by atoms with Crippen molar-refractivity contribution >= 4 is 11.8 Å². The zero-order valence-corrected chi connectivity index (χ0v) is 12.7. The van der Waals surface area contributed by atoms with E-state index in [0.717, 1.165) is 51.6 Å². The van der Waals surface area contributed by atoms with Gasteiger partial charge in [-0.1, -0.05) is 26.2 Å². The Morgan fingerprint density at radius 3 is 2.70 bits per heavy atom. The van der Waals surface area contributed by atoms with Crippen LogP contribution < -0.4 is 5.32 Å². The molecule has 0 unspecified atom stereocenters. The van der Waals surface area contributed by atoms with Crippen molar-refractivity contribution in [3.05, 3.63) is 0 Å². The summed E-state index contributed by atoms with van der Waals surface area (Å²) in [5, 5.41) is 3.06. The van der Waals surface area contributed by atoms with Gasteiger partial charge in [-0.2, -0.15) is 0 Å². The molecule has 0 bridgehead atoms. The lowest BCUT2D eigenvalue weighted by atomic mass is 9.88. The van der Waals surface area contributed by atoms with Crippen molar-refractivity contribution in [2.24, 2.45) is 5.41 Å². The molecule has 1 saturated carbocycles. The summed E-state index contributed by atoms with van der Waals surface area (Å²) >= 11 is 0. The first kappa shape index (κ1) is 15.3. The van der Waals surface area contributed by atoms with Gasteiger partial charge in [0, 0.05) is 31.5 Å². The van der Waals surface area contributed by atoms with Crippen LogP contribution in [0.3, 0.4) is 0 Å². The van der Waals surface area contributed by atoms with Gasteiger partial charge in [0.1, 0.15) is 0 Å². The number of likely N-dealkylation sites (tertiary alicyclic amines) is 1. The predicted molar refractivity (Wildman–Crippen MR) is 79.2 cm³/mol. The molecular formula is C16H28N2O2. The van der Waals surface area contributed by atoms with Gasteiger partial charge in [0.2, 0.25) is 11.8 Å². The van der Waals surface area contributed by atoms with Crippen molar-refractivity contribution in [2.75, 3.05) is 19.6 Å². The van der Waals surface area contributed by atoms with Crippen LogP contribution in [0.4, 0.5) is 0 Å². The van der Waals surface area contributed by atoms with E-state index >= 15 is 0 Å². The highest BCUT2D eigenvalue weighted by molar-refractivity contribution is 5.82. The number of amides is 2. The number of nitrogens with zero attached hydrogens (tertiary/aromatic N) is 1. The molecule has 1 heterocycles. The van der Waals surface area contributed by atoms with E-state index in [2.05, 4.69) is 12.2 Å². The maximum absolute atomic E-state index is 12.1. The summed E-state index contributed by atoms with van der Waals surface area (Å²) in [5.41, 5.74) is -0.140. The van der Waals surface area contributed by atoms with Gasteiger partial charge in [-0.25, -0.2) is 0 Å². The molecule has 0 atom stereocenters. The first-order valence-corrected chi connectivity index (χ1v) is 8.18. The van der Waals surface area contributed by atoms with Crippen molar-refractivity contribution in [3.63, 3.8) is 0 Å². The number of rotatable bonds is 5. The second kappa shape index (κ2) is 7.09. The molecular weight excluding hydrogens is 252 g/mol. The highest BCUT2D eigenvalue weighted by Gasteiger charge is 2.35.